The van der Waals surface area contributed by atoms with Crippen molar-refractivity contribution in [3.63, 3.8) is 0 Å². The van der Waals surface area contributed by atoms with Crippen molar-refractivity contribution in [1.29, 1.82) is 0 Å². The minimum Gasteiger partial charge on any atom is -0.481 e. The van der Waals surface area contributed by atoms with E-state index in [-0.39, 0.29) is 35.9 Å². The van der Waals surface area contributed by atoms with E-state index in [2.05, 4.69) is 21.3 Å². The SMILES string of the molecule is CCC(CC)C(=O)NC(C(=O)NC(CC(=O)C1CCCC1)C(=O)NC(CC(=O)O)C(=O)NC(CC(C)C)C(=O)O)C(C)(C)C. The van der Waals surface area contributed by atoms with E-state index in [1.165, 1.54) is 0 Å². The van der Waals surface area contributed by atoms with Gasteiger partial charge in [-0.15, -0.1) is 0 Å². The number of carboxylic acids is 2. The van der Waals surface area contributed by atoms with E-state index >= 15 is 0 Å². The van der Waals surface area contributed by atoms with Crippen molar-refractivity contribution in [1.82, 2.24) is 21.3 Å². The molecule has 1 rings (SSSR count). The Bertz CT molecular complexity index is 1040. The number of Topliss-reactive ketones (excluding diaryl/α,β-unsaturated/α-hetero) is 1. The van der Waals surface area contributed by atoms with Crippen molar-refractivity contribution in [3.8, 4) is 0 Å². The highest BCUT2D eigenvalue weighted by molar-refractivity contribution is 5.98. The fraction of sp³-hybridized carbons (Fsp3) is 0.774. The van der Waals surface area contributed by atoms with Crippen LogP contribution in [0.4, 0.5) is 0 Å². The zero-order chi connectivity index (χ0) is 33.8. The van der Waals surface area contributed by atoms with Gasteiger partial charge < -0.3 is 31.5 Å². The molecule has 13 nitrogen and oxygen atoms in total. The molecule has 0 aliphatic heterocycles. The number of carboxylic acid groups (broad SMARTS) is 2. The molecule has 0 spiro atoms. The van der Waals surface area contributed by atoms with Gasteiger partial charge >= 0.3 is 11.9 Å². The van der Waals surface area contributed by atoms with Crippen LogP contribution in [0.2, 0.25) is 0 Å². The van der Waals surface area contributed by atoms with Crippen molar-refractivity contribution in [2.45, 2.75) is 130 Å². The molecule has 4 amide bonds. The number of ketones is 1. The van der Waals surface area contributed by atoms with Gasteiger partial charge in [-0.3, -0.25) is 28.8 Å². The fourth-order valence-corrected chi connectivity index (χ4v) is 5.30. The van der Waals surface area contributed by atoms with Crippen molar-refractivity contribution in [3.05, 3.63) is 0 Å². The van der Waals surface area contributed by atoms with Crippen LogP contribution < -0.4 is 21.3 Å². The molecular formula is C31H52N4O9. The average Bonchev–Trinajstić information content (AvgIpc) is 3.45. The maximum absolute atomic E-state index is 13.6. The molecule has 0 aromatic carbocycles. The Morgan fingerprint density at radius 3 is 1.61 bits per heavy atom. The Morgan fingerprint density at radius 1 is 0.705 bits per heavy atom. The van der Waals surface area contributed by atoms with Crippen molar-refractivity contribution in [2.24, 2.45) is 23.2 Å². The molecule has 44 heavy (non-hydrogen) atoms. The monoisotopic (exact) mass is 624 g/mol. The second kappa shape index (κ2) is 17.7. The van der Waals surface area contributed by atoms with E-state index in [9.17, 15) is 43.8 Å². The summed E-state index contributed by atoms with van der Waals surface area (Å²) < 4.78 is 0. The Morgan fingerprint density at radius 2 is 1.18 bits per heavy atom. The molecule has 0 aromatic heterocycles. The summed E-state index contributed by atoms with van der Waals surface area (Å²) in [4.78, 5) is 89.5. The normalized spacial score (nSPS) is 16.5. The smallest absolute Gasteiger partial charge is 0.326 e. The molecule has 0 bridgehead atoms. The molecule has 6 N–H and O–H groups in total. The number of hydrogen-bond acceptors (Lipinski definition) is 7. The summed E-state index contributed by atoms with van der Waals surface area (Å²) in [5.41, 5.74) is -0.781. The first kappa shape index (κ1) is 38.5. The van der Waals surface area contributed by atoms with E-state index in [0.717, 1.165) is 12.8 Å². The van der Waals surface area contributed by atoms with Gasteiger partial charge in [0.15, 0.2) is 0 Å². The van der Waals surface area contributed by atoms with Crippen LogP contribution in [-0.4, -0.2) is 75.7 Å². The molecule has 1 saturated carbocycles. The van der Waals surface area contributed by atoms with Crippen LogP contribution in [0.5, 0.6) is 0 Å². The van der Waals surface area contributed by atoms with Gasteiger partial charge in [0.05, 0.1) is 6.42 Å². The highest BCUT2D eigenvalue weighted by atomic mass is 16.4. The molecule has 0 saturated heterocycles. The molecule has 250 valence electrons. The second-order valence-electron chi connectivity index (χ2n) is 13.2. The third-order valence-corrected chi connectivity index (χ3v) is 7.95. The van der Waals surface area contributed by atoms with E-state index in [1.54, 1.807) is 34.6 Å². The molecule has 0 radical (unpaired) electrons. The number of aliphatic carboxylic acids is 2. The third-order valence-electron chi connectivity index (χ3n) is 7.95. The van der Waals surface area contributed by atoms with Gasteiger partial charge in [0, 0.05) is 18.3 Å². The molecule has 13 heteroatoms. The van der Waals surface area contributed by atoms with E-state index in [1.807, 2.05) is 13.8 Å². The lowest BCUT2D eigenvalue weighted by molar-refractivity contribution is -0.144. The minimum atomic E-state index is -1.68. The van der Waals surface area contributed by atoms with Gasteiger partial charge in [-0.2, -0.15) is 0 Å². The first-order chi connectivity index (χ1) is 20.4. The Labute approximate surface area is 260 Å². The highest BCUT2D eigenvalue weighted by Gasteiger charge is 2.38. The molecule has 1 fully saturated rings. The standard InChI is InChI=1S/C31H52N4O9/c1-8-18(9-2)26(39)35-25(31(5,6)7)29(42)33-20(15-23(36)19-12-10-11-13-19)27(40)32-21(16-24(37)38)28(41)34-22(30(43)44)14-17(3)4/h17-22,25H,8-16H2,1-7H3,(H,32,40)(H,33,42)(H,34,41)(H,35,39)(H,37,38)(H,43,44). The maximum atomic E-state index is 13.6. The second-order valence-corrected chi connectivity index (χ2v) is 13.2. The predicted octanol–water partition coefficient (Wildman–Crippen LogP) is 2.16. The van der Waals surface area contributed by atoms with Gasteiger partial charge in [-0.05, 0) is 43.4 Å². The van der Waals surface area contributed by atoms with Gasteiger partial charge in [0.25, 0.3) is 0 Å². The molecule has 4 unspecified atom stereocenters. The zero-order valence-electron chi connectivity index (χ0n) is 27.2. The van der Waals surface area contributed by atoms with Crippen molar-refractivity contribution >= 4 is 41.4 Å². The van der Waals surface area contributed by atoms with E-state index in [0.29, 0.717) is 25.7 Å². The maximum Gasteiger partial charge on any atom is 0.326 e. The van der Waals surface area contributed by atoms with Crippen LogP contribution in [0, 0.1) is 23.2 Å². The Kier molecular flexibility index (Phi) is 15.5. The molecular weight excluding hydrogens is 572 g/mol. The number of rotatable bonds is 18. The number of hydrogen-bond donors (Lipinski definition) is 6. The van der Waals surface area contributed by atoms with E-state index < -0.39 is 72.1 Å². The quantitative estimate of drug-likeness (QED) is 0.132. The molecule has 1 aliphatic rings. The largest absolute Gasteiger partial charge is 0.481 e. The Hall–Kier alpha value is -3.51. The van der Waals surface area contributed by atoms with Crippen LogP contribution in [0.3, 0.4) is 0 Å². The van der Waals surface area contributed by atoms with Crippen molar-refractivity contribution in [2.75, 3.05) is 0 Å². The first-order valence-corrected chi connectivity index (χ1v) is 15.6. The van der Waals surface area contributed by atoms with Crippen LogP contribution in [0.1, 0.15) is 106 Å². The lowest BCUT2D eigenvalue weighted by Gasteiger charge is -2.33. The summed E-state index contributed by atoms with van der Waals surface area (Å²) in [6.45, 7) is 12.5. The van der Waals surface area contributed by atoms with Crippen LogP contribution in [-0.2, 0) is 33.6 Å². The van der Waals surface area contributed by atoms with Crippen LogP contribution >= 0.6 is 0 Å². The number of nitrogens with one attached hydrogen (secondary N) is 4. The van der Waals surface area contributed by atoms with Gasteiger partial charge in [0.1, 0.15) is 30.0 Å². The van der Waals surface area contributed by atoms with Gasteiger partial charge in [-0.1, -0.05) is 61.3 Å². The first-order valence-electron chi connectivity index (χ1n) is 15.6. The molecule has 0 aromatic rings. The molecule has 1 aliphatic carbocycles. The summed E-state index contributed by atoms with van der Waals surface area (Å²) in [5.74, 6) is -6.74. The Balaban J connectivity index is 3.31. The van der Waals surface area contributed by atoms with Crippen LogP contribution in [0.15, 0.2) is 0 Å². The minimum absolute atomic E-state index is 0.0697. The van der Waals surface area contributed by atoms with Crippen molar-refractivity contribution < 1.29 is 43.8 Å². The summed E-state index contributed by atoms with van der Waals surface area (Å²) >= 11 is 0. The highest BCUT2D eigenvalue weighted by Crippen LogP contribution is 2.27. The van der Waals surface area contributed by atoms with Gasteiger partial charge in [0.2, 0.25) is 23.6 Å². The summed E-state index contributed by atoms with van der Waals surface area (Å²) in [5, 5.41) is 28.9. The number of carbonyl (C=O) groups excluding carboxylic acids is 5. The predicted molar refractivity (Wildman–Crippen MR) is 162 cm³/mol. The topological polar surface area (TPSA) is 208 Å². The average molecular weight is 625 g/mol. The fourth-order valence-electron chi connectivity index (χ4n) is 5.30. The van der Waals surface area contributed by atoms with Gasteiger partial charge in [-0.25, -0.2) is 4.79 Å². The number of amides is 4. The zero-order valence-corrected chi connectivity index (χ0v) is 27.2. The summed E-state index contributed by atoms with van der Waals surface area (Å²) in [6.07, 6.45) is 2.95. The molecule has 4 atom stereocenters. The summed E-state index contributed by atoms with van der Waals surface area (Å²) in [7, 11) is 0. The summed E-state index contributed by atoms with van der Waals surface area (Å²) in [6, 6.07) is -5.54. The third kappa shape index (κ3) is 12.6. The van der Waals surface area contributed by atoms with E-state index in [4.69, 9.17) is 0 Å². The number of carbonyl (C=O) groups is 7. The lowest BCUT2D eigenvalue weighted by Crippen LogP contribution is -2.60. The van der Waals surface area contributed by atoms with Crippen LogP contribution in [0.25, 0.3) is 0 Å². The molecule has 0 heterocycles. The lowest BCUT2D eigenvalue weighted by atomic mass is 9.85.